The first kappa shape index (κ1) is 17.5. The van der Waals surface area contributed by atoms with Gasteiger partial charge in [0.15, 0.2) is 0 Å². The van der Waals surface area contributed by atoms with Gasteiger partial charge in [0.1, 0.15) is 5.60 Å². The van der Waals surface area contributed by atoms with Crippen molar-refractivity contribution in [2.45, 2.75) is 39.2 Å². The minimum absolute atomic E-state index is 0.200. The van der Waals surface area contributed by atoms with Crippen LogP contribution in [-0.2, 0) is 4.74 Å². The minimum Gasteiger partial charge on any atom is -0.444 e. The maximum atomic E-state index is 12.3. The van der Waals surface area contributed by atoms with Crippen molar-refractivity contribution in [1.82, 2.24) is 9.88 Å². The predicted molar refractivity (Wildman–Crippen MR) is 101 cm³/mol. The van der Waals surface area contributed by atoms with Crippen LogP contribution in [0.2, 0.25) is 0 Å². The fraction of sp³-hybridized carbons (Fsp3) is 0.500. The molecule has 1 aliphatic rings. The molecule has 2 aromatic rings. The van der Waals surface area contributed by atoms with Crippen LogP contribution in [0.1, 0.15) is 33.6 Å². The van der Waals surface area contributed by atoms with Crippen molar-refractivity contribution < 1.29 is 9.53 Å². The smallest absolute Gasteiger partial charge is 0.410 e. The number of pyridine rings is 1. The fourth-order valence-electron chi connectivity index (χ4n) is 3.17. The normalized spacial score (nSPS) is 18.2. The van der Waals surface area contributed by atoms with E-state index >= 15 is 0 Å². The van der Waals surface area contributed by atoms with E-state index in [2.05, 4.69) is 28.5 Å². The highest BCUT2D eigenvalue weighted by atomic mass is 16.6. The molecular formula is C20H27N3O2. The lowest BCUT2D eigenvalue weighted by molar-refractivity contribution is 0.0172. The molecule has 0 saturated carbocycles. The molecule has 0 spiro atoms. The second-order valence-corrected chi connectivity index (χ2v) is 7.73. The van der Waals surface area contributed by atoms with Crippen LogP contribution in [-0.4, -0.2) is 41.2 Å². The highest BCUT2D eigenvalue weighted by Crippen LogP contribution is 2.21. The van der Waals surface area contributed by atoms with Gasteiger partial charge in [-0.15, -0.1) is 0 Å². The number of carbonyl (C=O) groups is 1. The van der Waals surface area contributed by atoms with Gasteiger partial charge in [0.05, 0.1) is 5.52 Å². The molecule has 3 rings (SSSR count). The Balaban J connectivity index is 1.56. The number of hydrogen-bond acceptors (Lipinski definition) is 4. The van der Waals surface area contributed by atoms with Crippen LogP contribution < -0.4 is 5.32 Å². The second-order valence-electron chi connectivity index (χ2n) is 7.73. The first-order chi connectivity index (χ1) is 11.9. The van der Waals surface area contributed by atoms with Gasteiger partial charge in [-0.05, 0) is 63.8 Å². The van der Waals surface area contributed by atoms with Crippen molar-refractivity contribution in [2.75, 3.05) is 25.0 Å². The maximum absolute atomic E-state index is 12.3. The molecule has 1 aromatic carbocycles. The molecule has 0 radical (unpaired) electrons. The Morgan fingerprint density at radius 1 is 1.36 bits per heavy atom. The summed E-state index contributed by atoms with van der Waals surface area (Å²) >= 11 is 0. The minimum atomic E-state index is -0.443. The molecule has 1 N–H and O–H groups in total. The average molecular weight is 341 g/mol. The lowest BCUT2D eigenvalue weighted by atomic mass is 9.98. The molecule has 0 aliphatic carbocycles. The number of piperidine rings is 1. The van der Waals surface area contributed by atoms with E-state index < -0.39 is 5.60 Å². The number of nitrogens with one attached hydrogen (secondary N) is 1. The first-order valence-electron chi connectivity index (χ1n) is 8.97. The molecule has 1 fully saturated rings. The molecule has 1 amide bonds. The Kier molecular flexibility index (Phi) is 5.11. The van der Waals surface area contributed by atoms with E-state index in [0.717, 1.165) is 49.1 Å². The molecule has 134 valence electrons. The molecule has 25 heavy (non-hydrogen) atoms. The summed E-state index contributed by atoms with van der Waals surface area (Å²) < 4.78 is 5.50. The van der Waals surface area contributed by atoms with Crippen molar-refractivity contribution >= 4 is 22.7 Å². The fourth-order valence-corrected chi connectivity index (χ4v) is 3.17. The number of aromatic nitrogens is 1. The van der Waals surface area contributed by atoms with E-state index in [1.54, 1.807) is 0 Å². The number of rotatable bonds is 3. The van der Waals surface area contributed by atoms with Crippen LogP contribution in [0, 0.1) is 5.92 Å². The Hall–Kier alpha value is -2.30. The van der Waals surface area contributed by atoms with Crippen molar-refractivity contribution in [3.05, 3.63) is 36.5 Å². The van der Waals surface area contributed by atoms with Crippen molar-refractivity contribution in [2.24, 2.45) is 5.92 Å². The van der Waals surface area contributed by atoms with Gasteiger partial charge in [0, 0.05) is 36.9 Å². The zero-order valence-electron chi connectivity index (χ0n) is 15.3. The van der Waals surface area contributed by atoms with Crippen molar-refractivity contribution in [1.29, 1.82) is 0 Å². The van der Waals surface area contributed by atoms with Crippen molar-refractivity contribution in [3.63, 3.8) is 0 Å². The number of amides is 1. The molecule has 2 heterocycles. The van der Waals surface area contributed by atoms with Crippen LogP contribution in [0.4, 0.5) is 10.5 Å². The monoisotopic (exact) mass is 341 g/mol. The molecule has 1 saturated heterocycles. The van der Waals surface area contributed by atoms with Gasteiger partial charge in [-0.1, -0.05) is 6.07 Å². The number of likely N-dealkylation sites (tertiary alicyclic amines) is 1. The Bertz CT molecular complexity index is 739. The van der Waals surface area contributed by atoms with Crippen molar-refractivity contribution in [3.8, 4) is 0 Å². The van der Waals surface area contributed by atoms with Crippen LogP contribution in [0.5, 0.6) is 0 Å². The number of benzene rings is 1. The summed E-state index contributed by atoms with van der Waals surface area (Å²) in [7, 11) is 0. The van der Waals surface area contributed by atoms with Crippen LogP contribution in [0.15, 0.2) is 36.5 Å². The number of ether oxygens (including phenoxy) is 1. The van der Waals surface area contributed by atoms with Crippen LogP contribution in [0.25, 0.3) is 10.9 Å². The topological polar surface area (TPSA) is 54.5 Å². The highest BCUT2D eigenvalue weighted by Gasteiger charge is 2.27. The summed E-state index contributed by atoms with van der Waals surface area (Å²) in [5.41, 5.74) is 1.65. The summed E-state index contributed by atoms with van der Waals surface area (Å²) in [5, 5.41) is 4.64. The van der Waals surface area contributed by atoms with Gasteiger partial charge >= 0.3 is 6.09 Å². The first-order valence-corrected chi connectivity index (χ1v) is 8.97. The summed E-state index contributed by atoms with van der Waals surface area (Å²) in [6.45, 7) is 8.10. The third kappa shape index (κ3) is 4.84. The Morgan fingerprint density at radius 2 is 2.20 bits per heavy atom. The molecule has 1 aliphatic heterocycles. The number of nitrogens with zero attached hydrogens (tertiary/aromatic N) is 2. The summed E-state index contributed by atoms with van der Waals surface area (Å²) in [6, 6.07) is 10.2. The average Bonchev–Trinajstić information content (AvgIpc) is 2.58. The van der Waals surface area contributed by atoms with E-state index in [-0.39, 0.29) is 6.09 Å². The summed E-state index contributed by atoms with van der Waals surface area (Å²) in [5.74, 6) is 0.436. The van der Waals surface area contributed by atoms with E-state index in [9.17, 15) is 4.79 Å². The van der Waals surface area contributed by atoms with E-state index in [1.807, 2.05) is 44.0 Å². The Labute approximate surface area is 149 Å². The number of carbonyl (C=O) groups excluding carboxylic acids is 1. The lowest BCUT2D eigenvalue weighted by Gasteiger charge is -2.34. The number of fused-ring (bicyclic) bond motifs is 1. The largest absolute Gasteiger partial charge is 0.444 e. The number of anilines is 1. The van der Waals surface area contributed by atoms with E-state index in [1.165, 1.54) is 0 Å². The summed E-state index contributed by atoms with van der Waals surface area (Å²) in [4.78, 5) is 18.4. The predicted octanol–water partition coefficient (Wildman–Crippen LogP) is 4.29. The summed E-state index contributed by atoms with van der Waals surface area (Å²) in [6.07, 6.45) is 3.76. The molecule has 5 heteroatoms. The van der Waals surface area contributed by atoms with Gasteiger partial charge in [0.2, 0.25) is 0 Å². The Morgan fingerprint density at radius 3 is 3.00 bits per heavy atom. The molecule has 0 bridgehead atoms. The molecular weight excluding hydrogens is 314 g/mol. The molecule has 1 atom stereocenters. The molecule has 5 nitrogen and oxygen atoms in total. The van der Waals surface area contributed by atoms with Gasteiger partial charge in [-0.25, -0.2) is 4.79 Å². The van der Waals surface area contributed by atoms with E-state index in [0.29, 0.717) is 5.92 Å². The lowest BCUT2D eigenvalue weighted by Crippen LogP contribution is -2.44. The number of hydrogen-bond donors (Lipinski definition) is 1. The second kappa shape index (κ2) is 7.30. The van der Waals surface area contributed by atoms with Gasteiger partial charge in [-0.2, -0.15) is 0 Å². The van der Waals surface area contributed by atoms with Gasteiger partial charge < -0.3 is 15.0 Å². The van der Waals surface area contributed by atoms with E-state index in [4.69, 9.17) is 4.74 Å². The van der Waals surface area contributed by atoms with Gasteiger partial charge in [0.25, 0.3) is 0 Å². The standard InChI is InChI=1S/C20H27N3O2/c1-20(2,3)25-19(24)23-11-5-6-15(14-23)13-22-17-8-9-18-16(12-17)7-4-10-21-18/h4,7-10,12,15,22H,5-6,11,13-14H2,1-3H3. The van der Waals surface area contributed by atoms with Crippen LogP contribution >= 0.6 is 0 Å². The van der Waals surface area contributed by atoms with Gasteiger partial charge in [-0.3, -0.25) is 4.98 Å². The zero-order valence-corrected chi connectivity index (χ0v) is 15.3. The quantitative estimate of drug-likeness (QED) is 0.904. The third-order valence-electron chi connectivity index (χ3n) is 4.37. The molecule has 1 aromatic heterocycles. The SMILES string of the molecule is CC(C)(C)OC(=O)N1CCCC(CNc2ccc3ncccc3c2)C1. The molecule has 1 unspecified atom stereocenters. The maximum Gasteiger partial charge on any atom is 0.410 e. The van der Waals surface area contributed by atoms with Crippen LogP contribution in [0.3, 0.4) is 0 Å². The highest BCUT2D eigenvalue weighted by molar-refractivity contribution is 5.82. The third-order valence-corrected chi connectivity index (χ3v) is 4.37. The zero-order chi connectivity index (χ0) is 17.9.